The van der Waals surface area contributed by atoms with Crippen LogP contribution in [-0.4, -0.2) is 23.8 Å². The predicted octanol–water partition coefficient (Wildman–Crippen LogP) is 4.00. The van der Waals surface area contributed by atoms with Crippen molar-refractivity contribution in [3.8, 4) is 5.75 Å². The van der Waals surface area contributed by atoms with Crippen molar-refractivity contribution in [3.05, 3.63) is 100 Å². The smallest absolute Gasteiger partial charge is 0.282 e. The van der Waals surface area contributed by atoms with Gasteiger partial charge in [0.05, 0.1) is 23.3 Å². The number of methoxy groups -OCH3 is 1. The number of hydrogen-bond acceptors (Lipinski definition) is 6. The second-order valence-corrected chi connectivity index (χ2v) is 6.66. The Labute approximate surface area is 177 Å². The molecular weight excluding hydrogens is 398 g/mol. The summed E-state index contributed by atoms with van der Waals surface area (Å²) in [5.41, 5.74) is 1.41. The first-order valence-corrected chi connectivity index (χ1v) is 9.34. The first-order chi connectivity index (χ1) is 15.0. The molecule has 31 heavy (non-hydrogen) atoms. The van der Waals surface area contributed by atoms with Crippen molar-refractivity contribution in [3.63, 3.8) is 0 Å². The summed E-state index contributed by atoms with van der Waals surface area (Å²) < 4.78 is 5.33. The van der Waals surface area contributed by atoms with Crippen LogP contribution in [0.4, 0.5) is 17.1 Å². The van der Waals surface area contributed by atoms with Crippen LogP contribution in [0.1, 0.15) is 5.56 Å². The van der Waals surface area contributed by atoms with Gasteiger partial charge in [-0.3, -0.25) is 19.7 Å². The molecular formula is C23H17N3O5. The van der Waals surface area contributed by atoms with Crippen molar-refractivity contribution in [1.82, 2.24) is 0 Å². The molecule has 1 aliphatic rings. The van der Waals surface area contributed by atoms with E-state index in [1.165, 1.54) is 31.4 Å². The number of nitro groups is 1. The third-order valence-corrected chi connectivity index (χ3v) is 4.82. The summed E-state index contributed by atoms with van der Waals surface area (Å²) in [4.78, 5) is 38.3. The zero-order valence-corrected chi connectivity index (χ0v) is 16.4. The van der Waals surface area contributed by atoms with Crippen LogP contribution in [0.25, 0.3) is 5.57 Å². The molecule has 3 aromatic rings. The zero-order valence-electron chi connectivity index (χ0n) is 16.4. The van der Waals surface area contributed by atoms with Gasteiger partial charge < -0.3 is 10.1 Å². The number of rotatable bonds is 6. The van der Waals surface area contributed by atoms with Crippen LogP contribution in [0.5, 0.6) is 5.75 Å². The lowest BCUT2D eigenvalue weighted by atomic mass is 10.0. The van der Waals surface area contributed by atoms with Gasteiger partial charge in [0.15, 0.2) is 0 Å². The first kappa shape index (κ1) is 19.8. The van der Waals surface area contributed by atoms with Gasteiger partial charge in [-0.1, -0.05) is 30.3 Å². The fourth-order valence-electron chi connectivity index (χ4n) is 3.36. The van der Waals surface area contributed by atoms with E-state index < -0.39 is 16.7 Å². The van der Waals surface area contributed by atoms with Gasteiger partial charge in [-0.2, -0.15) is 0 Å². The van der Waals surface area contributed by atoms with Gasteiger partial charge in [-0.15, -0.1) is 0 Å². The summed E-state index contributed by atoms with van der Waals surface area (Å²) in [6.07, 6.45) is 0. The molecule has 0 unspecified atom stereocenters. The molecule has 0 saturated heterocycles. The van der Waals surface area contributed by atoms with Gasteiger partial charge in [0.2, 0.25) is 0 Å². The quantitative estimate of drug-likeness (QED) is 0.371. The largest absolute Gasteiger partial charge is 0.495 e. The normalized spacial score (nSPS) is 13.5. The molecule has 2 amide bonds. The number of para-hydroxylation sites is 3. The molecule has 0 aliphatic carbocycles. The molecule has 0 fully saturated rings. The topological polar surface area (TPSA) is 102 Å². The summed E-state index contributed by atoms with van der Waals surface area (Å²) >= 11 is 0. The molecule has 1 N–H and O–H groups in total. The van der Waals surface area contributed by atoms with E-state index in [1.54, 1.807) is 48.5 Å². The number of ether oxygens (including phenoxy) is 1. The van der Waals surface area contributed by atoms with Crippen LogP contribution in [0.3, 0.4) is 0 Å². The van der Waals surface area contributed by atoms with Gasteiger partial charge in [-0.05, 0) is 42.0 Å². The van der Waals surface area contributed by atoms with Crippen LogP contribution < -0.4 is 15.0 Å². The summed E-state index contributed by atoms with van der Waals surface area (Å²) in [6, 6.07) is 21.2. The molecule has 0 atom stereocenters. The van der Waals surface area contributed by atoms with Crippen LogP contribution >= 0.6 is 0 Å². The highest BCUT2D eigenvalue weighted by Gasteiger charge is 2.41. The number of benzene rings is 3. The Kier molecular flexibility index (Phi) is 5.19. The number of hydrogen-bond donors (Lipinski definition) is 1. The standard InChI is InChI=1S/C23H17N3O5/c1-31-19-10-6-5-9-18(19)25-22(27)20(15-11-13-17(14-12-15)26(29)30)21(23(25)28)24-16-7-3-2-4-8-16/h2-14,24H,1H3. The number of nitro benzene ring substituents is 1. The van der Waals surface area contributed by atoms with Crippen LogP contribution in [0, 0.1) is 10.1 Å². The molecule has 1 aliphatic heterocycles. The summed E-state index contributed by atoms with van der Waals surface area (Å²) in [5.74, 6) is -0.735. The van der Waals surface area contributed by atoms with Crippen LogP contribution in [-0.2, 0) is 9.59 Å². The Morgan fingerprint density at radius 3 is 2.16 bits per heavy atom. The monoisotopic (exact) mass is 415 g/mol. The Morgan fingerprint density at radius 2 is 1.52 bits per heavy atom. The Balaban J connectivity index is 1.84. The fraction of sp³-hybridized carbons (Fsp3) is 0.0435. The minimum atomic E-state index is -0.554. The van der Waals surface area contributed by atoms with Gasteiger partial charge in [0.1, 0.15) is 11.4 Å². The lowest BCUT2D eigenvalue weighted by Crippen LogP contribution is -2.32. The Bertz CT molecular complexity index is 1200. The maximum Gasteiger partial charge on any atom is 0.282 e. The number of non-ortho nitro benzene ring substituents is 1. The molecule has 0 bridgehead atoms. The van der Waals surface area contributed by atoms with E-state index >= 15 is 0 Å². The van der Waals surface area contributed by atoms with E-state index in [0.29, 0.717) is 22.7 Å². The molecule has 0 radical (unpaired) electrons. The number of anilines is 2. The third-order valence-electron chi connectivity index (χ3n) is 4.82. The number of imide groups is 1. The van der Waals surface area contributed by atoms with E-state index in [9.17, 15) is 19.7 Å². The van der Waals surface area contributed by atoms with E-state index in [-0.39, 0.29) is 17.0 Å². The molecule has 1 heterocycles. The molecule has 0 aromatic heterocycles. The van der Waals surface area contributed by atoms with Crippen molar-refractivity contribution >= 4 is 34.4 Å². The minimum absolute atomic E-state index is 0.0796. The zero-order chi connectivity index (χ0) is 22.0. The number of nitrogens with one attached hydrogen (secondary N) is 1. The van der Waals surface area contributed by atoms with Crippen LogP contribution in [0.2, 0.25) is 0 Å². The predicted molar refractivity (Wildman–Crippen MR) is 116 cm³/mol. The Morgan fingerprint density at radius 1 is 0.871 bits per heavy atom. The second kappa shape index (κ2) is 8.11. The minimum Gasteiger partial charge on any atom is -0.495 e. The second-order valence-electron chi connectivity index (χ2n) is 6.66. The number of amides is 2. The lowest BCUT2D eigenvalue weighted by Gasteiger charge is -2.18. The Hall–Kier alpha value is -4.46. The maximum absolute atomic E-state index is 13.4. The van der Waals surface area contributed by atoms with Crippen molar-refractivity contribution in [2.75, 3.05) is 17.3 Å². The van der Waals surface area contributed by atoms with E-state index in [1.807, 2.05) is 6.07 Å². The molecule has 0 saturated carbocycles. The maximum atomic E-state index is 13.4. The molecule has 0 spiro atoms. The number of nitrogens with zero attached hydrogens (tertiary/aromatic N) is 2. The average Bonchev–Trinajstić information content (AvgIpc) is 3.03. The fourth-order valence-corrected chi connectivity index (χ4v) is 3.36. The summed E-state index contributed by atoms with van der Waals surface area (Å²) in [6.45, 7) is 0. The number of carbonyl (C=O) groups is 2. The first-order valence-electron chi connectivity index (χ1n) is 9.34. The van der Waals surface area contributed by atoms with Crippen molar-refractivity contribution in [2.45, 2.75) is 0 Å². The molecule has 8 heteroatoms. The summed E-state index contributed by atoms with van der Waals surface area (Å²) in [7, 11) is 1.46. The molecule has 3 aromatic carbocycles. The number of carbonyl (C=O) groups excluding carboxylic acids is 2. The highest BCUT2D eigenvalue weighted by atomic mass is 16.6. The molecule has 8 nitrogen and oxygen atoms in total. The van der Waals surface area contributed by atoms with Gasteiger partial charge in [-0.25, -0.2) is 4.90 Å². The van der Waals surface area contributed by atoms with E-state index in [2.05, 4.69) is 5.32 Å². The highest BCUT2D eigenvalue weighted by molar-refractivity contribution is 6.46. The van der Waals surface area contributed by atoms with Crippen LogP contribution in [0.15, 0.2) is 84.6 Å². The molecule has 154 valence electrons. The highest BCUT2D eigenvalue weighted by Crippen LogP contribution is 2.37. The van der Waals surface area contributed by atoms with E-state index in [4.69, 9.17) is 4.74 Å². The van der Waals surface area contributed by atoms with Crippen molar-refractivity contribution in [1.29, 1.82) is 0 Å². The SMILES string of the molecule is COc1ccccc1N1C(=O)C(Nc2ccccc2)=C(c2ccc([N+](=O)[O-])cc2)C1=O. The van der Waals surface area contributed by atoms with E-state index in [0.717, 1.165) is 4.90 Å². The summed E-state index contributed by atoms with van der Waals surface area (Å²) in [5, 5.41) is 14.0. The average molecular weight is 415 g/mol. The van der Waals surface area contributed by atoms with Crippen molar-refractivity contribution in [2.24, 2.45) is 0 Å². The third kappa shape index (κ3) is 3.62. The van der Waals surface area contributed by atoms with Gasteiger partial charge >= 0.3 is 0 Å². The van der Waals surface area contributed by atoms with Gasteiger partial charge in [0, 0.05) is 17.8 Å². The van der Waals surface area contributed by atoms with Gasteiger partial charge in [0.25, 0.3) is 17.5 Å². The molecule has 4 rings (SSSR count). The lowest BCUT2D eigenvalue weighted by molar-refractivity contribution is -0.384. The van der Waals surface area contributed by atoms with Crippen molar-refractivity contribution < 1.29 is 19.2 Å².